The third-order valence-corrected chi connectivity index (χ3v) is 2.47. The first kappa shape index (κ1) is 12.2. The van der Waals surface area contributed by atoms with Crippen LogP contribution >= 0.6 is 0 Å². The summed E-state index contributed by atoms with van der Waals surface area (Å²) in [4.78, 5) is 11.9. The summed E-state index contributed by atoms with van der Waals surface area (Å²) in [7, 11) is 3.14. The molecule has 1 heterocycles. The van der Waals surface area contributed by atoms with E-state index in [1.54, 1.807) is 19.3 Å². The molecule has 1 aromatic heterocycles. The Morgan fingerprint density at radius 2 is 2.28 bits per heavy atom. The van der Waals surface area contributed by atoms with Crippen LogP contribution in [-0.4, -0.2) is 27.9 Å². The van der Waals surface area contributed by atoms with Gasteiger partial charge in [0.25, 0.3) is 0 Å². The van der Waals surface area contributed by atoms with Gasteiger partial charge in [0.2, 0.25) is 0 Å². The Kier molecular flexibility index (Phi) is 3.36. The second-order valence-electron chi connectivity index (χ2n) is 3.83. The number of carbonyl (C=O) groups excluding carboxylic acids is 1. The van der Waals surface area contributed by atoms with E-state index in [2.05, 4.69) is 10.3 Å². The number of hydrogen-bond donors (Lipinski definition) is 0. The van der Waals surface area contributed by atoms with Gasteiger partial charge in [0, 0.05) is 19.3 Å². The third kappa shape index (κ3) is 2.53. The topological polar surface area (TPSA) is 57.0 Å². The maximum atomic E-state index is 13.7. The Morgan fingerprint density at radius 1 is 1.50 bits per heavy atom. The fourth-order valence-electron chi connectivity index (χ4n) is 1.58. The fourth-order valence-corrected chi connectivity index (χ4v) is 1.58. The average Bonchev–Trinajstić information content (AvgIpc) is 2.74. The van der Waals surface area contributed by atoms with Crippen molar-refractivity contribution in [1.29, 1.82) is 0 Å². The molecular weight excluding hydrogens is 237 g/mol. The van der Waals surface area contributed by atoms with Crippen molar-refractivity contribution in [3.8, 4) is 5.75 Å². The minimum atomic E-state index is -0.594. The zero-order valence-corrected chi connectivity index (χ0v) is 10.1. The maximum Gasteiger partial charge on any atom is 0.171 e. The Morgan fingerprint density at radius 3 is 2.83 bits per heavy atom. The Labute approximate surface area is 103 Å². The molecule has 5 nitrogen and oxygen atoms in total. The Bertz CT molecular complexity index is 580. The number of methoxy groups -OCH3 is 1. The molecule has 0 fully saturated rings. The lowest BCUT2D eigenvalue weighted by atomic mass is 10.1. The van der Waals surface area contributed by atoms with Gasteiger partial charge in [-0.25, -0.2) is 4.39 Å². The number of aromatic nitrogens is 3. The highest BCUT2D eigenvalue weighted by molar-refractivity contribution is 5.97. The number of rotatable bonds is 4. The van der Waals surface area contributed by atoms with Crippen LogP contribution in [0.3, 0.4) is 0 Å². The second kappa shape index (κ2) is 4.95. The van der Waals surface area contributed by atoms with E-state index >= 15 is 0 Å². The van der Waals surface area contributed by atoms with Crippen molar-refractivity contribution in [3.05, 3.63) is 41.5 Å². The first-order valence-corrected chi connectivity index (χ1v) is 5.32. The van der Waals surface area contributed by atoms with Gasteiger partial charge in [-0.1, -0.05) is 5.21 Å². The van der Waals surface area contributed by atoms with Crippen LogP contribution in [0.4, 0.5) is 4.39 Å². The van der Waals surface area contributed by atoms with Crippen molar-refractivity contribution in [3.63, 3.8) is 0 Å². The van der Waals surface area contributed by atoms with Crippen molar-refractivity contribution in [2.75, 3.05) is 7.11 Å². The summed E-state index contributed by atoms with van der Waals surface area (Å²) >= 11 is 0. The maximum absolute atomic E-state index is 13.7. The van der Waals surface area contributed by atoms with Crippen LogP contribution in [0.2, 0.25) is 0 Å². The van der Waals surface area contributed by atoms with E-state index in [4.69, 9.17) is 4.74 Å². The molecule has 0 saturated carbocycles. The summed E-state index contributed by atoms with van der Waals surface area (Å²) in [6, 6.07) is 4.14. The molecule has 2 aromatic rings. The fraction of sp³-hybridized carbons (Fsp3) is 0.250. The van der Waals surface area contributed by atoms with Crippen LogP contribution < -0.4 is 4.74 Å². The number of ether oxygens (including phenoxy) is 1. The largest absolute Gasteiger partial charge is 0.497 e. The molecular formula is C12H12FN3O2. The molecule has 0 spiro atoms. The predicted molar refractivity (Wildman–Crippen MR) is 62.0 cm³/mol. The smallest absolute Gasteiger partial charge is 0.171 e. The molecule has 6 heteroatoms. The molecule has 1 aromatic carbocycles. The van der Waals surface area contributed by atoms with Gasteiger partial charge in [0.15, 0.2) is 5.78 Å². The van der Waals surface area contributed by atoms with Crippen LogP contribution in [0.25, 0.3) is 0 Å². The first-order valence-electron chi connectivity index (χ1n) is 5.32. The molecule has 0 amide bonds. The van der Waals surface area contributed by atoms with Crippen molar-refractivity contribution < 1.29 is 13.9 Å². The second-order valence-corrected chi connectivity index (χ2v) is 3.83. The first-order chi connectivity index (χ1) is 8.60. The number of ketones is 1. The summed E-state index contributed by atoms with van der Waals surface area (Å²) in [5.41, 5.74) is 0.541. The van der Waals surface area contributed by atoms with Gasteiger partial charge in [0.05, 0.1) is 24.8 Å². The van der Waals surface area contributed by atoms with Crippen molar-refractivity contribution in [2.45, 2.75) is 6.42 Å². The molecule has 0 aliphatic heterocycles. The van der Waals surface area contributed by atoms with E-state index in [0.717, 1.165) is 0 Å². The van der Waals surface area contributed by atoms with E-state index in [1.165, 1.54) is 23.9 Å². The third-order valence-electron chi connectivity index (χ3n) is 2.47. The summed E-state index contributed by atoms with van der Waals surface area (Å²) in [6.07, 6.45) is 1.65. The molecule has 0 bridgehead atoms. The molecule has 0 saturated heterocycles. The molecule has 0 N–H and O–H groups in total. The average molecular weight is 249 g/mol. The van der Waals surface area contributed by atoms with E-state index in [-0.39, 0.29) is 17.8 Å². The number of Topliss-reactive ketones (excluding diaryl/α,β-unsaturated/α-hetero) is 1. The molecule has 18 heavy (non-hydrogen) atoms. The summed E-state index contributed by atoms with van der Waals surface area (Å²) in [5.74, 6) is -0.553. The van der Waals surface area contributed by atoms with Crippen LogP contribution in [0.1, 0.15) is 16.1 Å². The van der Waals surface area contributed by atoms with Gasteiger partial charge in [-0.3, -0.25) is 9.48 Å². The van der Waals surface area contributed by atoms with Gasteiger partial charge in [-0.05, 0) is 12.1 Å². The Hall–Kier alpha value is -2.24. The van der Waals surface area contributed by atoms with E-state index in [0.29, 0.717) is 11.4 Å². The zero-order valence-electron chi connectivity index (χ0n) is 10.1. The van der Waals surface area contributed by atoms with E-state index < -0.39 is 5.82 Å². The van der Waals surface area contributed by atoms with E-state index in [1.807, 2.05) is 0 Å². The molecule has 0 aliphatic rings. The van der Waals surface area contributed by atoms with Gasteiger partial charge in [-0.2, -0.15) is 0 Å². The zero-order chi connectivity index (χ0) is 13.1. The minimum Gasteiger partial charge on any atom is -0.497 e. The molecule has 0 aliphatic carbocycles. The predicted octanol–water partition coefficient (Wildman–Crippen LogP) is 1.39. The highest BCUT2D eigenvalue weighted by Gasteiger charge is 2.14. The van der Waals surface area contributed by atoms with Crippen molar-refractivity contribution >= 4 is 5.78 Å². The SMILES string of the molecule is COc1ccc(C(=O)Cc2cn(C)nn2)c(F)c1. The number of halogens is 1. The number of nitrogens with zero attached hydrogens (tertiary/aromatic N) is 3. The van der Waals surface area contributed by atoms with Crippen LogP contribution in [0, 0.1) is 5.82 Å². The van der Waals surface area contributed by atoms with Gasteiger partial charge in [0.1, 0.15) is 11.6 Å². The molecule has 2 rings (SSSR count). The number of hydrogen-bond acceptors (Lipinski definition) is 4. The number of aryl methyl sites for hydroxylation is 1. The highest BCUT2D eigenvalue weighted by Crippen LogP contribution is 2.17. The number of benzene rings is 1. The van der Waals surface area contributed by atoms with Crippen LogP contribution in [0.15, 0.2) is 24.4 Å². The van der Waals surface area contributed by atoms with Gasteiger partial charge >= 0.3 is 0 Å². The minimum absolute atomic E-state index is 0.0249. The molecule has 0 atom stereocenters. The lowest BCUT2D eigenvalue weighted by molar-refractivity contribution is 0.0988. The summed E-state index contributed by atoms with van der Waals surface area (Å²) < 4.78 is 20.0. The van der Waals surface area contributed by atoms with Gasteiger partial charge < -0.3 is 4.74 Å². The molecule has 0 unspecified atom stereocenters. The Balaban J connectivity index is 2.18. The van der Waals surface area contributed by atoms with Crippen molar-refractivity contribution in [1.82, 2.24) is 15.0 Å². The normalized spacial score (nSPS) is 10.4. The standard InChI is InChI=1S/C12H12FN3O2/c1-16-7-8(14-15-16)5-12(17)10-4-3-9(18-2)6-11(10)13/h3-4,6-7H,5H2,1-2H3. The molecule has 94 valence electrons. The highest BCUT2D eigenvalue weighted by atomic mass is 19.1. The van der Waals surface area contributed by atoms with Gasteiger partial charge in [-0.15, -0.1) is 5.10 Å². The molecule has 0 radical (unpaired) electrons. The van der Waals surface area contributed by atoms with Crippen molar-refractivity contribution in [2.24, 2.45) is 7.05 Å². The van der Waals surface area contributed by atoms with E-state index in [9.17, 15) is 9.18 Å². The monoisotopic (exact) mass is 249 g/mol. The lowest BCUT2D eigenvalue weighted by Crippen LogP contribution is -2.06. The quantitative estimate of drug-likeness (QED) is 0.768. The van der Waals surface area contributed by atoms with Crippen LogP contribution in [0.5, 0.6) is 5.75 Å². The summed E-state index contributed by atoms with van der Waals surface area (Å²) in [5, 5.41) is 7.50. The summed E-state index contributed by atoms with van der Waals surface area (Å²) in [6.45, 7) is 0. The number of carbonyl (C=O) groups is 1. The lowest BCUT2D eigenvalue weighted by Gasteiger charge is -2.03. The van der Waals surface area contributed by atoms with Crippen LogP contribution in [-0.2, 0) is 13.5 Å².